The summed E-state index contributed by atoms with van der Waals surface area (Å²) < 4.78 is 26.8. The Hall–Kier alpha value is -1.25. The number of amides is 1. The van der Waals surface area contributed by atoms with Gasteiger partial charge in [-0.25, -0.2) is 8.42 Å². The van der Waals surface area contributed by atoms with E-state index in [-0.39, 0.29) is 9.92 Å². The second-order valence-electron chi connectivity index (χ2n) is 5.53. The molecule has 1 amide bonds. The first-order valence-corrected chi connectivity index (χ1v) is 11.6. The smallest absolute Gasteiger partial charge is 0.257 e. The molecule has 0 saturated heterocycles. The van der Waals surface area contributed by atoms with Crippen molar-refractivity contribution in [3.05, 3.63) is 52.0 Å². The third-order valence-corrected chi connectivity index (χ3v) is 7.52. The van der Waals surface area contributed by atoms with Gasteiger partial charge in [0.15, 0.2) is 0 Å². The Labute approximate surface area is 174 Å². The maximum Gasteiger partial charge on any atom is 0.257 e. The summed E-state index contributed by atoms with van der Waals surface area (Å²) in [5, 5.41) is 3.11. The topological polar surface area (TPSA) is 66.5 Å². The SMILES string of the molecule is CCN(CC)S(=O)(=O)c1cc(NC(=O)c2cc(SC)ccc2Cl)ccc1Cl. The molecule has 0 spiro atoms. The van der Waals surface area contributed by atoms with E-state index in [0.29, 0.717) is 29.4 Å². The Bertz CT molecular complexity index is 946. The number of anilines is 1. The zero-order chi connectivity index (χ0) is 20.2. The zero-order valence-electron chi connectivity index (χ0n) is 15.1. The van der Waals surface area contributed by atoms with Gasteiger partial charge in [-0.05, 0) is 42.7 Å². The van der Waals surface area contributed by atoms with Gasteiger partial charge in [-0.1, -0.05) is 37.0 Å². The highest BCUT2D eigenvalue weighted by Gasteiger charge is 2.25. The predicted molar refractivity (Wildman–Crippen MR) is 113 cm³/mol. The number of sulfonamides is 1. The van der Waals surface area contributed by atoms with Crippen LogP contribution >= 0.6 is 35.0 Å². The quantitative estimate of drug-likeness (QED) is 0.607. The first kappa shape index (κ1) is 22.0. The summed E-state index contributed by atoms with van der Waals surface area (Å²) in [6.45, 7) is 4.15. The average molecular weight is 447 g/mol. The highest BCUT2D eigenvalue weighted by atomic mass is 35.5. The largest absolute Gasteiger partial charge is 0.322 e. The van der Waals surface area contributed by atoms with Gasteiger partial charge in [0.25, 0.3) is 5.91 Å². The lowest BCUT2D eigenvalue weighted by Crippen LogP contribution is -2.30. The Morgan fingerprint density at radius 3 is 2.30 bits per heavy atom. The van der Waals surface area contributed by atoms with Crippen LogP contribution in [0.1, 0.15) is 24.2 Å². The van der Waals surface area contributed by atoms with Gasteiger partial charge in [0, 0.05) is 23.7 Å². The summed E-state index contributed by atoms with van der Waals surface area (Å²) in [6.07, 6.45) is 1.90. The van der Waals surface area contributed by atoms with Gasteiger partial charge in [-0.2, -0.15) is 4.31 Å². The fraction of sp³-hybridized carbons (Fsp3) is 0.278. The Morgan fingerprint density at radius 2 is 1.70 bits per heavy atom. The van der Waals surface area contributed by atoms with E-state index >= 15 is 0 Å². The normalized spacial score (nSPS) is 11.6. The molecule has 0 heterocycles. The summed E-state index contributed by atoms with van der Waals surface area (Å²) in [4.78, 5) is 13.4. The van der Waals surface area contributed by atoms with Crippen LogP contribution in [0.25, 0.3) is 0 Å². The standard InChI is InChI=1S/C18H20Cl2N2O3S2/c1-4-22(5-2)27(24,25)17-10-12(6-8-16(17)20)21-18(23)14-11-13(26-3)7-9-15(14)19/h6-11H,4-5H2,1-3H3,(H,21,23). The monoisotopic (exact) mass is 446 g/mol. The molecule has 0 radical (unpaired) electrons. The van der Waals surface area contributed by atoms with Gasteiger partial charge in [-0.3, -0.25) is 4.79 Å². The molecule has 0 atom stereocenters. The van der Waals surface area contributed by atoms with Crippen molar-refractivity contribution in [2.45, 2.75) is 23.6 Å². The number of thioether (sulfide) groups is 1. The summed E-state index contributed by atoms with van der Waals surface area (Å²) in [6, 6.07) is 9.52. The van der Waals surface area contributed by atoms with Crippen molar-refractivity contribution in [3.63, 3.8) is 0 Å². The number of hydrogen-bond donors (Lipinski definition) is 1. The van der Waals surface area contributed by atoms with Crippen LogP contribution in [-0.2, 0) is 10.0 Å². The molecule has 5 nitrogen and oxygen atoms in total. The van der Waals surface area contributed by atoms with E-state index in [4.69, 9.17) is 23.2 Å². The molecule has 0 bridgehead atoms. The molecule has 146 valence electrons. The molecule has 0 aliphatic carbocycles. The fourth-order valence-corrected chi connectivity index (χ4v) is 5.09. The predicted octanol–water partition coefficient (Wildman–Crippen LogP) is 5.00. The van der Waals surface area contributed by atoms with Gasteiger partial charge in [0.1, 0.15) is 4.90 Å². The van der Waals surface area contributed by atoms with Crippen molar-refractivity contribution in [1.29, 1.82) is 0 Å². The van der Waals surface area contributed by atoms with E-state index < -0.39 is 15.9 Å². The summed E-state index contributed by atoms with van der Waals surface area (Å²) >= 11 is 13.7. The van der Waals surface area contributed by atoms with Crippen molar-refractivity contribution in [1.82, 2.24) is 4.31 Å². The first-order valence-electron chi connectivity index (χ1n) is 8.19. The van der Waals surface area contributed by atoms with E-state index in [9.17, 15) is 13.2 Å². The highest BCUT2D eigenvalue weighted by molar-refractivity contribution is 7.98. The van der Waals surface area contributed by atoms with Crippen LogP contribution in [-0.4, -0.2) is 38.0 Å². The van der Waals surface area contributed by atoms with Crippen molar-refractivity contribution in [3.8, 4) is 0 Å². The molecule has 2 aromatic carbocycles. The summed E-state index contributed by atoms with van der Waals surface area (Å²) in [5.74, 6) is -0.426. The molecular weight excluding hydrogens is 427 g/mol. The minimum atomic E-state index is -3.75. The van der Waals surface area contributed by atoms with Crippen LogP contribution in [0.3, 0.4) is 0 Å². The third kappa shape index (κ3) is 4.97. The molecule has 0 aliphatic rings. The second kappa shape index (κ2) is 9.30. The number of nitrogens with one attached hydrogen (secondary N) is 1. The number of rotatable bonds is 7. The minimum absolute atomic E-state index is 0.0466. The van der Waals surface area contributed by atoms with Crippen LogP contribution in [0.15, 0.2) is 46.2 Å². The molecule has 9 heteroatoms. The second-order valence-corrected chi connectivity index (χ2v) is 9.13. The van der Waals surface area contributed by atoms with E-state index in [1.165, 1.54) is 28.2 Å². The van der Waals surface area contributed by atoms with E-state index in [1.807, 2.05) is 12.3 Å². The Kier molecular flexibility index (Phi) is 7.59. The average Bonchev–Trinajstić information content (AvgIpc) is 2.64. The molecule has 2 rings (SSSR count). The van der Waals surface area contributed by atoms with Crippen molar-refractivity contribution < 1.29 is 13.2 Å². The van der Waals surface area contributed by atoms with Crippen LogP contribution in [0.5, 0.6) is 0 Å². The van der Waals surface area contributed by atoms with Crippen LogP contribution < -0.4 is 5.32 Å². The Morgan fingerprint density at radius 1 is 1.07 bits per heavy atom. The summed E-state index contributed by atoms with van der Waals surface area (Å²) in [7, 11) is -3.75. The van der Waals surface area contributed by atoms with E-state index in [2.05, 4.69) is 5.32 Å². The van der Waals surface area contributed by atoms with Gasteiger partial charge < -0.3 is 5.32 Å². The lowest BCUT2D eigenvalue weighted by Gasteiger charge is -2.19. The number of halogens is 2. The molecule has 0 unspecified atom stereocenters. The zero-order valence-corrected chi connectivity index (χ0v) is 18.3. The molecule has 0 aliphatic heterocycles. The van der Waals surface area contributed by atoms with Crippen LogP contribution in [0, 0.1) is 0 Å². The third-order valence-electron chi connectivity index (χ3n) is 3.93. The Balaban J connectivity index is 2.38. The van der Waals surface area contributed by atoms with Gasteiger partial charge >= 0.3 is 0 Å². The lowest BCUT2D eigenvalue weighted by atomic mass is 10.2. The molecule has 2 aromatic rings. The van der Waals surface area contributed by atoms with E-state index in [1.54, 1.807) is 32.0 Å². The van der Waals surface area contributed by atoms with Gasteiger partial charge in [-0.15, -0.1) is 11.8 Å². The van der Waals surface area contributed by atoms with Crippen molar-refractivity contribution in [2.75, 3.05) is 24.7 Å². The molecular formula is C18H20Cl2N2O3S2. The number of carbonyl (C=O) groups excluding carboxylic acids is 1. The molecule has 1 N–H and O–H groups in total. The number of benzene rings is 2. The maximum atomic E-state index is 12.8. The number of hydrogen-bond acceptors (Lipinski definition) is 4. The maximum absolute atomic E-state index is 12.8. The molecule has 27 heavy (non-hydrogen) atoms. The van der Waals surface area contributed by atoms with Crippen molar-refractivity contribution >= 4 is 56.6 Å². The lowest BCUT2D eigenvalue weighted by molar-refractivity contribution is 0.102. The van der Waals surface area contributed by atoms with Crippen LogP contribution in [0.4, 0.5) is 5.69 Å². The first-order chi connectivity index (χ1) is 12.7. The van der Waals surface area contributed by atoms with E-state index in [0.717, 1.165) is 4.90 Å². The molecule has 0 saturated carbocycles. The van der Waals surface area contributed by atoms with Crippen molar-refractivity contribution in [2.24, 2.45) is 0 Å². The highest BCUT2D eigenvalue weighted by Crippen LogP contribution is 2.29. The fourth-order valence-electron chi connectivity index (χ4n) is 2.49. The minimum Gasteiger partial charge on any atom is -0.322 e. The van der Waals surface area contributed by atoms with Gasteiger partial charge in [0.05, 0.1) is 15.6 Å². The number of nitrogens with zero attached hydrogens (tertiary/aromatic N) is 1. The van der Waals surface area contributed by atoms with Gasteiger partial charge in [0.2, 0.25) is 10.0 Å². The number of carbonyl (C=O) groups is 1. The molecule has 0 fully saturated rings. The summed E-state index contributed by atoms with van der Waals surface area (Å²) in [5.41, 5.74) is 0.632. The molecule has 0 aromatic heterocycles. The van der Waals surface area contributed by atoms with Crippen LogP contribution in [0.2, 0.25) is 10.0 Å².